The Labute approximate surface area is 276 Å². The van der Waals surface area contributed by atoms with Crippen LogP contribution in [0.15, 0.2) is 61.2 Å². The van der Waals surface area contributed by atoms with Crippen LogP contribution in [0.2, 0.25) is 10.0 Å². The van der Waals surface area contributed by atoms with Gasteiger partial charge in [0.15, 0.2) is 0 Å². The molecule has 0 N–H and O–H groups in total. The third-order valence-electron chi connectivity index (χ3n) is 9.44. The van der Waals surface area contributed by atoms with Crippen molar-refractivity contribution < 1.29 is 18.3 Å². The molecular formula is C34H34Cl2F2N6O2. The van der Waals surface area contributed by atoms with Crippen LogP contribution < -0.4 is 9.47 Å². The van der Waals surface area contributed by atoms with Crippen LogP contribution in [0, 0.1) is 23.5 Å². The van der Waals surface area contributed by atoms with E-state index in [1.165, 1.54) is 38.3 Å². The van der Waals surface area contributed by atoms with Crippen molar-refractivity contribution in [1.82, 2.24) is 29.7 Å². The van der Waals surface area contributed by atoms with Crippen molar-refractivity contribution in [3.8, 4) is 34.3 Å². The molecule has 12 heteroatoms. The fraction of sp³-hybridized carbons (Fsp3) is 0.412. The van der Waals surface area contributed by atoms with Gasteiger partial charge in [-0.15, -0.1) is 0 Å². The van der Waals surface area contributed by atoms with Gasteiger partial charge in [-0.2, -0.15) is 0 Å². The van der Waals surface area contributed by atoms with Gasteiger partial charge >= 0.3 is 12.0 Å². The molecule has 0 aliphatic carbocycles. The average molecular weight is 668 g/mol. The van der Waals surface area contributed by atoms with Gasteiger partial charge in [0.25, 0.3) is 0 Å². The maximum atomic E-state index is 13.8. The fourth-order valence-electron chi connectivity index (χ4n) is 6.83. The number of hydrogen-bond donors (Lipinski definition) is 0. The first-order valence-electron chi connectivity index (χ1n) is 15.7. The Bertz CT molecular complexity index is 1530. The van der Waals surface area contributed by atoms with E-state index in [1.807, 2.05) is 6.07 Å². The summed E-state index contributed by atoms with van der Waals surface area (Å²) in [6.07, 6.45) is 11.5. The fourth-order valence-corrected chi connectivity index (χ4v) is 7.23. The minimum absolute atomic E-state index is 0.120. The Kier molecular flexibility index (Phi) is 9.31. The number of aromatic nitrogens is 4. The van der Waals surface area contributed by atoms with E-state index in [1.54, 1.807) is 24.5 Å². The molecule has 4 aromatic rings. The van der Waals surface area contributed by atoms with Crippen LogP contribution in [-0.2, 0) is 0 Å². The van der Waals surface area contributed by atoms with Crippen molar-refractivity contribution in [3.05, 3.63) is 82.9 Å². The molecule has 2 aromatic carbocycles. The van der Waals surface area contributed by atoms with Crippen molar-refractivity contribution in [2.75, 3.05) is 39.3 Å². The molecule has 4 bridgehead atoms. The van der Waals surface area contributed by atoms with Crippen LogP contribution in [0.3, 0.4) is 0 Å². The van der Waals surface area contributed by atoms with Crippen LogP contribution >= 0.6 is 23.2 Å². The lowest BCUT2D eigenvalue weighted by Gasteiger charge is -2.43. The number of rotatable bonds is 6. The molecule has 46 heavy (non-hydrogen) atoms. The zero-order valence-corrected chi connectivity index (χ0v) is 26.7. The molecule has 6 fully saturated rings. The Morgan fingerprint density at radius 2 is 1.13 bits per heavy atom. The molecule has 6 saturated heterocycles. The predicted molar refractivity (Wildman–Crippen MR) is 172 cm³/mol. The van der Waals surface area contributed by atoms with Crippen LogP contribution in [-0.4, -0.2) is 81.2 Å². The van der Waals surface area contributed by atoms with Gasteiger partial charge < -0.3 is 9.47 Å². The molecule has 2 atom stereocenters. The first-order valence-corrected chi connectivity index (χ1v) is 16.5. The first kappa shape index (κ1) is 31.2. The third kappa shape index (κ3) is 7.10. The Hall–Kier alpha value is -3.44. The van der Waals surface area contributed by atoms with Gasteiger partial charge in [0, 0.05) is 70.2 Å². The molecule has 8 heterocycles. The summed E-state index contributed by atoms with van der Waals surface area (Å²) in [6, 6.07) is 9.41. The number of nitrogens with zero attached hydrogens (tertiary/aromatic N) is 6. The topological polar surface area (TPSA) is 76.5 Å². The van der Waals surface area contributed by atoms with E-state index in [0.717, 1.165) is 68.3 Å². The third-order valence-corrected chi connectivity index (χ3v) is 10.0. The summed E-state index contributed by atoms with van der Waals surface area (Å²) in [4.78, 5) is 21.9. The number of halogens is 4. The first-order chi connectivity index (χ1) is 22.4. The van der Waals surface area contributed by atoms with E-state index >= 15 is 0 Å². The summed E-state index contributed by atoms with van der Waals surface area (Å²) < 4.78 is 39.0. The highest BCUT2D eigenvalue weighted by molar-refractivity contribution is 6.35. The Morgan fingerprint density at radius 3 is 1.61 bits per heavy atom. The molecule has 0 saturated carbocycles. The Morgan fingerprint density at radius 1 is 0.630 bits per heavy atom. The molecule has 6 aliphatic rings. The van der Waals surface area contributed by atoms with E-state index in [4.69, 9.17) is 32.7 Å². The lowest BCUT2D eigenvalue weighted by molar-refractivity contribution is -0.0124. The van der Waals surface area contributed by atoms with Gasteiger partial charge in [-0.1, -0.05) is 23.2 Å². The van der Waals surface area contributed by atoms with E-state index in [2.05, 4.69) is 29.7 Å². The lowest BCUT2D eigenvalue weighted by atomic mass is 9.86. The van der Waals surface area contributed by atoms with Crippen molar-refractivity contribution >= 4 is 23.2 Å². The number of fused-ring (bicyclic) bond motifs is 6. The van der Waals surface area contributed by atoms with E-state index in [-0.39, 0.29) is 17.8 Å². The summed E-state index contributed by atoms with van der Waals surface area (Å²) in [6.45, 7) is 6.56. The smallest absolute Gasteiger partial charge is 0.316 e. The van der Waals surface area contributed by atoms with Gasteiger partial charge in [0.1, 0.15) is 23.8 Å². The van der Waals surface area contributed by atoms with Crippen LogP contribution in [0.1, 0.15) is 25.7 Å². The molecule has 6 aliphatic heterocycles. The Balaban J connectivity index is 0.000000147. The second kappa shape index (κ2) is 13.7. The molecule has 240 valence electrons. The van der Waals surface area contributed by atoms with Crippen molar-refractivity contribution in [3.63, 3.8) is 0 Å². The zero-order valence-electron chi connectivity index (χ0n) is 25.2. The molecule has 0 radical (unpaired) electrons. The molecule has 0 amide bonds. The standard InChI is InChI=1S/C17H17Cl2N3O.C17H17F2N3O/c2*18-13-1-2-15(19)14(7-13)12-8-20-17(21-9-12)23-16-10-22-5-3-11(16)4-6-22/h2*1-2,7-9,11,16H,3-6,10H2/t16-;/m0./s1. The largest absolute Gasteiger partial charge is 0.458 e. The second-order valence-electron chi connectivity index (χ2n) is 12.3. The predicted octanol–water partition coefficient (Wildman–Crippen LogP) is 6.82. The summed E-state index contributed by atoms with van der Waals surface area (Å²) in [5, 5.41) is 1.26. The molecule has 2 aromatic heterocycles. The normalized spacial score (nSPS) is 26.3. The van der Waals surface area contributed by atoms with Crippen LogP contribution in [0.4, 0.5) is 8.78 Å². The quantitative estimate of drug-likeness (QED) is 0.222. The van der Waals surface area contributed by atoms with Crippen molar-refractivity contribution in [2.24, 2.45) is 11.8 Å². The average Bonchev–Trinajstić information content (AvgIpc) is 3.09. The monoisotopic (exact) mass is 666 g/mol. The minimum Gasteiger partial charge on any atom is -0.458 e. The lowest BCUT2D eigenvalue weighted by Crippen LogP contribution is -2.52. The summed E-state index contributed by atoms with van der Waals surface area (Å²) in [5.41, 5.74) is 2.25. The van der Waals surface area contributed by atoms with E-state index < -0.39 is 11.6 Å². The minimum atomic E-state index is -0.499. The number of piperidine rings is 6. The molecular weight excluding hydrogens is 633 g/mol. The molecule has 10 rings (SSSR count). The van der Waals surface area contributed by atoms with Gasteiger partial charge in [-0.05, 0) is 100 Å². The maximum Gasteiger partial charge on any atom is 0.316 e. The number of hydrogen-bond acceptors (Lipinski definition) is 8. The van der Waals surface area contributed by atoms with Gasteiger partial charge in [0.2, 0.25) is 0 Å². The number of benzene rings is 2. The highest BCUT2D eigenvalue weighted by atomic mass is 35.5. The maximum absolute atomic E-state index is 13.8. The van der Waals surface area contributed by atoms with E-state index in [0.29, 0.717) is 39.5 Å². The van der Waals surface area contributed by atoms with Gasteiger partial charge in [-0.25, -0.2) is 28.7 Å². The number of ether oxygens (including phenoxy) is 2. The van der Waals surface area contributed by atoms with Gasteiger partial charge in [0.05, 0.1) is 0 Å². The van der Waals surface area contributed by atoms with Gasteiger partial charge in [-0.3, -0.25) is 9.80 Å². The highest BCUT2D eigenvalue weighted by Gasteiger charge is 2.37. The SMILES string of the molecule is Clc1ccc(Cl)c(-c2cnc(O[C@H]3CN4CCC3CC4)nc2)c1.Fc1ccc(F)c(-c2cnc(OC3CN4CCC3CC4)nc2)c1. The summed E-state index contributed by atoms with van der Waals surface area (Å²) in [5.74, 6) is 0.199. The summed E-state index contributed by atoms with van der Waals surface area (Å²) in [7, 11) is 0. The second-order valence-corrected chi connectivity index (χ2v) is 13.2. The van der Waals surface area contributed by atoms with Crippen molar-refractivity contribution in [1.29, 1.82) is 0 Å². The highest BCUT2D eigenvalue weighted by Crippen LogP contribution is 2.33. The van der Waals surface area contributed by atoms with Crippen LogP contribution in [0.25, 0.3) is 22.3 Å². The molecule has 1 unspecified atom stereocenters. The summed E-state index contributed by atoms with van der Waals surface area (Å²) >= 11 is 12.3. The van der Waals surface area contributed by atoms with Crippen LogP contribution in [0.5, 0.6) is 12.0 Å². The van der Waals surface area contributed by atoms with Crippen molar-refractivity contribution in [2.45, 2.75) is 37.9 Å². The molecule has 8 nitrogen and oxygen atoms in total. The zero-order chi connectivity index (χ0) is 31.6. The van der Waals surface area contributed by atoms with E-state index in [9.17, 15) is 8.78 Å². The molecule has 0 spiro atoms.